The number of aromatic amines is 1. The Balaban J connectivity index is 2.20. The lowest BCUT2D eigenvalue weighted by Gasteiger charge is -2.21. The molecule has 0 saturated carbocycles. The molecule has 1 aliphatic rings. The topological polar surface area (TPSA) is 103 Å². The molecule has 0 radical (unpaired) electrons. The average Bonchev–Trinajstić information content (AvgIpc) is 2.82. The highest BCUT2D eigenvalue weighted by Gasteiger charge is 2.34. The third-order valence-electron chi connectivity index (χ3n) is 3.27. The van der Waals surface area contributed by atoms with Crippen LogP contribution in [-0.4, -0.2) is 49.5 Å². The molecule has 20 heavy (non-hydrogen) atoms. The van der Waals surface area contributed by atoms with Crippen LogP contribution in [0.3, 0.4) is 0 Å². The van der Waals surface area contributed by atoms with E-state index in [1.807, 2.05) is 0 Å². The van der Waals surface area contributed by atoms with Crippen LogP contribution in [0.4, 0.5) is 0 Å². The van der Waals surface area contributed by atoms with E-state index in [-0.39, 0.29) is 12.3 Å². The Bertz CT molecular complexity index is 587. The van der Waals surface area contributed by atoms with Crippen LogP contribution in [0.15, 0.2) is 4.79 Å². The highest BCUT2D eigenvalue weighted by atomic mass is 32.2. The Kier molecular flexibility index (Phi) is 4.12. The first-order chi connectivity index (χ1) is 9.40. The molecule has 1 aromatic rings. The molecule has 1 fully saturated rings. The number of rotatable bonds is 3. The summed E-state index contributed by atoms with van der Waals surface area (Å²) in [6, 6.07) is -0.774. The maximum absolute atomic E-state index is 12.2. The normalized spacial score (nSPS) is 18.3. The van der Waals surface area contributed by atoms with Crippen LogP contribution in [-0.2, 0) is 16.0 Å². The molecule has 7 nitrogen and oxygen atoms in total. The average molecular weight is 297 g/mol. The van der Waals surface area contributed by atoms with Crippen LogP contribution < -0.4 is 5.69 Å². The Morgan fingerprint density at radius 2 is 2.20 bits per heavy atom. The summed E-state index contributed by atoms with van der Waals surface area (Å²) < 4.78 is 0. The summed E-state index contributed by atoms with van der Waals surface area (Å²) in [7, 11) is 0. The van der Waals surface area contributed by atoms with E-state index >= 15 is 0 Å². The largest absolute Gasteiger partial charge is 0.480 e. The lowest BCUT2D eigenvalue weighted by Crippen LogP contribution is -2.42. The van der Waals surface area contributed by atoms with Crippen molar-refractivity contribution in [3.8, 4) is 0 Å². The van der Waals surface area contributed by atoms with E-state index in [1.165, 1.54) is 16.7 Å². The number of nitrogens with one attached hydrogen (secondary N) is 1. The molecule has 0 aliphatic carbocycles. The maximum Gasteiger partial charge on any atom is 0.345 e. The SMILES string of the molecule is Cc1nc(=O)[nH]c(C)c1CC(=O)N1CSC[C@H]1C(=O)O. The van der Waals surface area contributed by atoms with E-state index in [9.17, 15) is 14.4 Å². The number of carbonyl (C=O) groups excluding carboxylic acids is 1. The van der Waals surface area contributed by atoms with E-state index in [0.717, 1.165) is 0 Å². The summed E-state index contributed by atoms with van der Waals surface area (Å²) in [5.41, 5.74) is 1.29. The second kappa shape index (κ2) is 5.66. The molecule has 1 saturated heterocycles. The van der Waals surface area contributed by atoms with Gasteiger partial charge in [0.05, 0.1) is 12.3 Å². The Morgan fingerprint density at radius 1 is 1.50 bits per heavy atom. The smallest absolute Gasteiger partial charge is 0.345 e. The van der Waals surface area contributed by atoms with E-state index in [2.05, 4.69) is 9.97 Å². The highest BCUT2D eigenvalue weighted by molar-refractivity contribution is 7.99. The van der Waals surface area contributed by atoms with Gasteiger partial charge in [0.1, 0.15) is 6.04 Å². The summed E-state index contributed by atoms with van der Waals surface area (Å²) in [4.78, 5) is 42.2. The van der Waals surface area contributed by atoms with Crippen LogP contribution >= 0.6 is 11.8 Å². The standard InChI is InChI=1S/C12H15N3O4S/c1-6-8(7(2)14-12(19)13-6)3-10(16)15-5-20-4-9(15)11(17)18/h9H,3-5H2,1-2H3,(H,17,18)(H,13,14,19)/t9-/m0/s1. The predicted octanol–water partition coefficient (Wildman–Crippen LogP) is -0.0847. The molecule has 1 amide bonds. The Morgan fingerprint density at radius 3 is 2.80 bits per heavy atom. The number of carboxylic acid groups (broad SMARTS) is 1. The van der Waals surface area contributed by atoms with Crippen molar-refractivity contribution in [1.29, 1.82) is 0 Å². The van der Waals surface area contributed by atoms with Crippen molar-refractivity contribution in [2.24, 2.45) is 0 Å². The maximum atomic E-state index is 12.2. The minimum Gasteiger partial charge on any atom is -0.480 e. The van der Waals surface area contributed by atoms with E-state index in [1.54, 1.807) is 13.8 Å². The number of hydrogen-bond donors (Lipinski definition) is 2. The lowest BCUT2D eigenvalue weighted by atomic mass is 10.1. The number of aromatic nitrogens is 2. The summed E-state index contributed by atoms with van der Waals surface area (Å²) in [5.74, 6) is -0.466. The molecule has 0 bridgehead atoms. The molecule has 0 spiro atoms. The number of carbonyl (C=O) groups is 2. The Hall–Kier alpha value is -1.83. The highest BCUT2D eigenvalue weighted by Crippen LogP contribution is 2.22. The monoisotopic (exact) mass is 297 g/mol. The molecule has 108 valence electrons. The van der Waals surface area contributed by atoms with Gasteiger partial charge in [0.2, 0.25) is 5.91 Å². The van der Waals surface area contributed by atoms with Gasteiger partial charge in [-0.15, -0.1) is 11.8 Å². The van der Waals surface area contributed by atoms with Gasteiger partial charge in [0.25, 0.3) is 0 Å². The van der Waals surface area contributed by atoms with Gasteiger partial charge in [-0.25, -0.2) is 9.59 Å². The molecule has 2 N–H and O–H groups in total. The van der Waals surface area contributed by atoms with Crippen LogP contribution in [0.5, 0.6) is 0 Å². The van der Waals surface area contributed by atoms with Crippen molar-refractivity contribution < 1.29 is 14.7 Å². The summed E-state index contributed by atoms with van der Waals surface area (Å²) in [6.45, 7) is 3.37. The third kappa shape index (κ3) is 2.84. The van der Waals surface area contributed by atoms with Gasteiger partial charge >= 0.3 is 11.7 Å². The summed E-state index contributed by atoms with van der Waals surface area (Å²) in [5, 5.41) is 9.08. The molecule has 1 aromatic heterocycles. The number of thioether (sulfide) groups is 1. The second-order valence-electron chi connectivity index (χ2n) is 4.63. The van der Waals surface area contributed by atoms with Crippen LogP contribution in [0.1, 0.15) is 17.0 Å². The lowest BCUT2D eigenvalue weighted by molar-refractivity contribution is -0.147. The first-order valence-electron chi connectivity index (χ1n) is 6.06. The second-order valence-corrected chi connectivity index (χ2v) is 5.62. The molecule has 1 aliphatic heterocycles. The summed E-state index contributed by atoms with van der Waals surface area (Å²) in [6.07, 6.45) is 0.0474. The fraction of sp³-hybridized carbons (Fsp3) is 0.500. The number of amides is 1. The quantitative estimate of drug-likeness (QED) is 0.808. The molecule has 0 aromatic carbocycles. The van der Waals surface area contributed by atoms with Crippen LogP contribution in [0.25, 0.3) is 0 Å². The number of aliphatic carboxylic acids is 1. The van der Waals surface area contributed by atoms with Crippen molar-refractivity contribution in [2.75, 3.05) is 11.6 Å². The zero-order valence-electron chi connectivity index (χ0n) is 11.2. The first-order valence-corrected chi connectivity index (χ1v) is 7.22. The van der Waals surface area contributed by atoms with Crippen molar-refractivity contribution in [1.82, 2.24) is 14.9 Å². The van der Waals surface area contributed by atoms with Gasteiger partial charge in [-0.3, -0.25) is 4.79 Å². The Labute approximate surface area is 119 Å². The van der Waals surface area contributed by atoms with Gasteiger partial charge in [-0.05, 0) is 13.8 Å². The van der Waals surface area contributed by atoms with Crippen LogP contribution in [0.2, 0.25) is 0 Å². The van der Waals surface area contributed by atoms with Crippen molar-refractivity contribution in [3.05, 3.63) is 27.4 Å². The number of aryl methyl sites for hydroxylation is 2. The molecule has 1 atom stereocenters. The van der Waals surface area contributed by atoms with Crippen LogP contribution in [0, 0.1) is 13.8 Å². The number of carboxylic acids is 1. The fourth-order valence-corrected chi connectivity index (χ4v) is 3.33. The van der Waals surface area contributed by atoms with Crippen molar-refractivity contribution >= 4 is 23.6 Å². The van der Waals surface area contributed by atoms with Crippen molar-refractivity contribution in [2.45, 2.75) is 26.3 Å². The van der Waals surface area contributed by atoms with E-state index in [0.29, 0.717) is 28.6 Å². The minimum absolute atomic E-state index is 0.0474. The molecule has 8 heteroatoms. The van der Waals surface area contributed by atoms with Gasteiger partial charge in [0.15, 0.2) is 0 Å². The molecule has 2 rings (SSSR count). The van der Waals surface area contributed by atoms with E-state index in [4.69, 9.17) is 5.11 Å². The zero-order chi connectivity index (χ0) is 14.9. The number of H-pyrrole nitrogens is 1. The predicted molar refractivity (Wildman–Crippen MR) is 73.6 cm³/mol. The molecular weight excluding hydrogens is 282 g/mol. The third-order valence-corrected chi connectivity index (χ3v) is 4.28. The van der Waals surface area contributed by atoms with Gasteiger partial charge in [-0.1, -0.05) is 0 Å². The van der Waals surface area contributed by atoms with E-state index < -0.39 is 17.7 Å². The zero-order valence-corrected chi connectivity index (χ0v) is 12.0. The molecule has 2 heterocycles. The minimum atomic E-state index is -0.989. The fourth-order valence-electron chi connectivity index (χ4n) is 2.16. The molecule has 0 unspecified atom stereocenters. The van der Waals surface area contributed by atoms with Crippen molar-refractivity contribution in [3.63, 3.8) is 0 Å². The molecular formula is C12H15N3O4S. The van der Waals surface area contributed by atoms with Gasteiger partial charge in [0, 0.05) is 22.7 Å². The van der Waals surface area contributed by atoms with Gasteiger partial charge < -0.3 is 15.0 Å². The van der Waals surface area contributed by atoms with Gasteiger partial charge in [-0.2, -0.15) is 4.98 Å². The summed E-state index contributed by atoms with van der Waals surface area (Å²) >= 11 is 1.42. The number of hydrogen-bond acceptors (Lipinski definition) is 5. The first kappa shape index (κ1) is 14.6. The number of nitrogens with zero attached hydrogens (tertiary/aromatic N) is 2.